The van der Waals surface area contributed by atoms with E-state index in [1.54, 1.807) is 4.90 Å². The minimum Gasteiger partial charge on any atom is -0.358 e. The lowest BCUT2D eigenvalue weighted by molar-refractivity contribution is -0.884. The van der Waals surface area contributed by atoms with E-state index in [4.69, 9.17) is 23.8 Å². The highest BCUT2D eigenvalue weighted by Crippen LogP contribution is 2.08. The Bertz CT molecular complexity index is 415. The van der Waals surface area contributed by atoms with E-state index < -0.39 is 0 Å². The van der Waals surface area contributed by atoms with Crippen LogP contribution in [0, 0.1) is 0 Å². The van der Waals surface area contributed by atoms with Crippen LogP contribution in [0.2, 0.25) is 5.02 Å². The zero-order valence-corrected chi connectivity index (χ0v) is 12.7. The summed E-state index contributed by atoms with van der Waals surface area (Å²) in [5.41, 5.74) is 4.40. The van der Waals surface area contributed by atoms with Crippen LogP contribution in [0.5, 0.6) is 0 Å². The van der Waals surface area contributed by atoms with Crippen LogP contribution in [0.15, 0.2) is 24.3 Å². The van der Waals surface area contributed by atoms with Crippen molar-refractivity contribution >= 4 is 28.9 Å². The zero-order chi connectivity index (χ0) is 13.7. The molecule has 3 N–H and O–H groups in total. The highest BCUT2D eigenvalue weighted by Gasteiger charge is 2.16. The van der Waals surface area contributed by atoms with Gasteiger partial charge in [-0.15, -0.1) is 0 Å². The Labute approximate surface area is 124 Å². The maximum Gasteiger partial charge on any atom is 0.181 e. The molecule has 0 radical (unpaired) electrons. The number of benzene rings is 1. The Kier molecular flexibility index (Phi) is 5.39. The predicted octanol–water partition coefficient (Wildman–Crippen LogP) is 0.0494. The number of halogens is 1. The molecular formula is C13H20ClN4S+. The lowest BCUT2D eigenvalue weighted by atomic mass is 10.2. The van der Waals surface area contributed by atoms with Gasteiger partial charge < -0.3 is 10.2 Å². The van der Waals surface area contributed by atoms with Crippen molar-refractivity contribution in [2.24, 2.45) is 0 Å². The van der Waals surface area contributed by atoms with Gasteiger partial charge in [-0.2, -0.15) is 0 Å². The summed E-state index contributed by atoms with van der Waals surface area (Å²) in [5.74, 6) is 0. The summed E-state index contributed by atoms with van der Waals surface area (Å²) in [6.45, 7) is 5.05. The molecule has 6 heteroatoms. The molecule has 0 saturated carbocycles. The summed E-state index contributed by atoms with van der Waals surface area (Å²) in [6.07, 6.45) is 0. The van der Waals surface area contributed by atoms with Gasteiger partial charge in [0.2, 0.25) is 0 Å². The summed E-state index contributed by atoms with van der Waals surface area (Å²) in [4.78, 5) is 1.57. The van der Waals surface area contributed by atoms with Gasteiger partial charge in [0.25, 0.3) is 0 Å². The van der Waals surface area contributed by atoms with Crippen molar-refractivity contribution < 1.29 is 4.90 Å². The second-order valence-electron chi connectivity index (χ2n) is 4.87. The maximum absolute atomic E-state index is 5.85. The summed E-state index contributed by atoms with van der Waals surface area (Å²) in [6, 6.07) is 7.77. The summed E-state index contributed by atoms with van der Waals surface area (Å²) < 4.78 is 0. The molecule has 0 aliphatic carbocycles. The van der Waals surface area contributed by atoms with Crippen LogP contribution in [-0.4, -0.2) is 43.3 Å². The molecule has 4 nitrogen and oxygen atoms in total. The predicted molar refractivity (Wildman–Crippen MR) is 82.2 cm³/mol. The molecule has 1 aromatic carbocycles. The van der Waals surface area contributed by atoms with Gasteiger partial charge in [-0.25, -0.2) is 5.01 Å². The molecule has 0 unspecified atom stereocenters. The fourth-order valence-corrected chi connectivity index (χ4v) is 2.30. The molecule has 1 saturated heterocycles. The molecule has 0 aromatic heterocycles. The van der Waals surface area contributed by atoms with E-state index in [1.165, 1.54) is 0 Å². The monoisotopic (exact) mass is 299 g/mol. The highest BCUT2D eigenvalue weighted by molar-refractivity contribution is 7.80. The van der Waals surface area contributed by atoms with Crippen molar-refractivity contribution in [2.45, 2.75) is 6.54 Å². The highest BCUT2D eigenvalue weighted by atomic mass is 35.5. The van der Waals surface area contributed by atoms with Gasteiger partial charge in [0, 0.05) is 11.6 Å². The number of nitrogens with one attached hydrogen (secondary N) is 3. The van der Waals surface area contributed by atoms with Crippen LogP contribution in [0.3, 0.4) is 0 Å². The number of thiocarbonyl (C=S) groups is 1. The number of hydrazine groups is 1. The topological polar surface area (TPSA) is 31.7 Å². The number of quaternary nitrogens is 1. The third-order valence-electron chi connectivity index (χ3n) is 3.24. The normalized spacial score (nSPS) is 17.2. The van der Waals surface area contributed by atoms with Crippen LogP contribution in [0.4, 0.5) is 0 Å². The molecule has 0 bridgehead atoms. The minimum atomic E-state index is 0.675. The van der Waals surface area contributed by atoms with Gasteiger partial charge in [-0.3, -0.25) is 5.43 Å². The summed E-state index contributed by atoms with van der Waals surface area (Å²) in [7, 11) is 2.22. The third-order valence-corrected chi connectivity index (χ3v) is 3.73. The molecule has 19 heavy (non-hydrogen) atoms. The van der Waals surface area contributed by atoms with Crippen LogP contribution >= 0.6 is 23.8 Å². The molecular weight excluding hydrogens is 280 g/mol. The van der Waals surface area contributed by atoms with E-state index in [0.717, 1.165) is 36.8 Å². The average molecular weight is 300 g/mol. The first-order chi connectivity index (χ1) is 9.13. The Balaban J connectivity index is 1.71. The van der Waals surface area contributed by atoms with Crippen LogP contribution in [0.1, 0.15) is 5.56 Å². The molecule has 0 spiro atoms. The Morgan fingerprint density at radius 1 is 1.32 bits per heavy atom. The molecule has 1 aliphatic rings. The molecule has 0 amide bonds. The fourth-order valence-electron chi connectivity index (χ4n) is 1.97. The van der Waals surface area contributed by atoms with Crippen LogP contribution in [-0.2, 0) is 6.54 Å². The molecule has 1 aromatic rings. The number of nitrogens with zero attached hydrogens (tertiary/aromatic N) is 1. The largest absolute Gasteiger partial charge is 0.358 e. The number of rotatable bonds is 3. The van der Waals surface area contributed by atoms with Crippen molar-refractivity contribution in [3.63, 3.8) is 0 Å². The maximum atomic E-state index is 5.85. The van der Waals surface area contributed by atoms with Gasteiger partial charge in [-0.1, -0.05) is 23.7 Å². The van der Waals surface area contributed by atoms with Crippen molar-refractivity contribution in [1.29, 1.82) is 0 Å². The first-order valence-electron chi connectivity index (χ1n) is 6.48. The zero-order valence-electron chi connectivity index (χ0n) is 11.1. The van der Waals surface area contributed by atoms with Gasteiger partial charge in [-0.05, 0) is 29.9 Å². The Morgan fingerprint density at radius 2 is 1.95 bits per heavy atom. The quantitative estimate of drug-likeness (QED) is 0.689. The van der Waals surface area contributed by atoms with E-state index in [-0.39, 0.29) is 0 Å². The second-order valence-corrected chi connectivity index (χ2v) is 5.71. The van der Waals surface area contributed by atoms with Gasteiger partial charge in [0.1, 0.15) is 0 Å². The van der Waals surface area contributed by atoms with Gasteiger partial charge in [0.05, 0.1) is 33.2 Å². The van der Waals surface area contributed by atoms with E-state index in [9.17, 15) is 0 Å². The number of hydrogen-bond donors (Lipinski definition) is 3. The molecule has 1 fully saturated rings. The van der Waals surface area contributed by atoms with Crippen molar-refractivity contribution in [3.05, 3.63) is 34.9 Å². The summed E-state index contributed by atoms with van der Waals surface area (Å²) in [5, 5.41) is 6.81. The standard InChI is InChI=1S/C13H19ClN4S/c1-17-6-8-18(9-7-17)16-13(19)15-10-11-2-4-12(14)5-3-11/h2-5H,6-10H2,1H3,(H2,15,16,19)/p+1. The van der Waals surface area contributed by atoms with Gasteiger partial charge >= 0.3 is 0 Å². The lowest BCUT2D eigenvalue weighted by Crippen LogP contribution is -3.12. The minimum absolute atomic E-state index is 0.675. The number of piperazine rings is 1. The van der Waals surface area contributed by atoms with E-state index in [0.29, 0.717) is 11.7 Å². The van der Waals surface area contributed by atoms with Crippen LogP contribution in [0.25, 0.3) is 0 Å². The Hall–Kier alpha value is -0.880. The van der Waals surface area contributed by atoms with Crippen molar-refractivity contribution in [3.8, 4) is 0 Å². The smallest absolute Gasteiger partial charge is 0.181 e. The average Bonchev–Trinajstić information content (AvgIpc) is 2.41. The molecule has 1 heterocycles. The number of hydrogen-bond acceptors (Lipinski definition) is 2. The molecule has 0 atom stereocenters. The fraction of sp³-hybridized carbons (Fsp3) is 0.462. The third kappa shape index (κ3) is 4.95. The molecule has 104 valence electrons. The van der Waals surface area contributed by atoms with E-state index in [2.05, 4.69) is 22.8 Å². The van der Waals surface area contributed by atoms with Gasteiger partial charge in [0.15, 0.2) is 5.11 Å². The summed E-state index contributed by atoms with van der Waals surface area (Å²) >= 11 is 11.1. The lowest BCUT2D eigenvalue weighted by Gasteiger charge is -2.31. The van der Waals surface area contributed by atoms with Crippen LogP contribution < -0.4 is 15.6 Å². The Morgan fingerprint density at radius 3 is 2.58 bits per heavy atom. The molecule has 1 aliphatic heterocycles. The van der Waals surface area contributed by atoms with Crippen molar-refractivity contribution in [2.75, 3.05) is 33.2 Å². The SMILES string of the molecule is C[NH+]1CCN(NC(=S)NCc2ccc(Cl)cc2)CC1. The second kappa shape index (κ2) is 7.05. The van der Waals surface area contributed by atoms with E-state index in [1.807, 2.05) is 24.3 Å². The van der Waals surface area contributed by atoms with Crippen molar-refractivity contribution in [1.82, 2.24) is 15.8 Å². The van der Waals surface area contributed by atoms with E-state index >= 15 is 0 Å². The number of likely N-dealkylation sites (N-methyl/N-ethyl adjacent to an activating group) is 1. The molecule has 2 rings (SSSR count). The first-order valence-corrected chi connectivity index (χ1v) is 7.27. The first kappa shape index (κ1) is 14.5.